The van der Waals surface area contributed by atoms with Crippen molar-refractivity contribution in [3.8, 4) is 10.8 Å². The van der Waals surface area contributed by atoms with Gasteiger partial charge in [0.2, 0.25) is 5.89 Å². The second kappa shape index (κ2) is 4.81. The zero-order chi connectivity index (χ0) is 13.6. The first-order valence-electron chi connectivity index (χ1n) is 5.10. The monoisotopic (exact) mass is 403 g/mol. The third-order valence-electron chi connectivity index (χ3n) is 2.48. The highest BCUT2D eigenvalue weighted by atomic mass is 79.9. The summed E-state index contributed by atoms with van der Waals surface area (Å²) in [6, 6.07) is 5.12. The molecule has 0 saturated heterocycles. The van der Waals surface area contributed by atoms with Crippen LogP contribution in [0, 0.1) is 5.82 Å². The lowest BCUT2D eigenvalue weighted by Crippen LogP contribution is -2.06. The molecule has 0 spiro atoms. The molecule has 3 nitrogen and oxygen atoms in total. The Balaban J connectivity index is 2.43. The van der Waals surface area contributed by atoms with Gasteiger partial charge in [-0.15, -0.1) is 11.3 Å². The molecule has 19 heavy (non-hydrogen) atoms. The van der Waals surface area contributed by atoms with E-state index in [1.165, 1.54) is 17.4 Å². The predicted octanol–water partition coefficient (Wildman–Crippen LogP) is 4.58. The van der Waals surface area contributed by atoms with Crippen LogP contribution in [0.15, 0.2) is 41.7 Å². The maximum atomic E-state index is 13.9. The van der Waals surface area contributed by atoms with Crippen molar-refractivity contribution >= 4 is 54.1 Å². The number of aromatic nitrogens is 1. The highest BCUT2D eigenvalue weighted by molar-refractivity contribution is 9.11. The zero-order valence-electron chi connectivity index (χ0n) is 9.12. The molecule has 0 N–H and O–H groups in total. The summed E-state index contributed by atoms with van der Waals surface area (Å²) in [4.78, 5) is 16.9. The Morgan fingerprint density at radius 3 is 2.79 bits per heavy atom. The number of hydrogen-bond acceptors (Lipinski definition) is 4. The predicted molar refractivity (Wildman–Crippen MR) is 79.0 cm³/mol. The van der Waals surface area contributed by atoms with Crippen molar-refractivity contribution < 1.29 is 8.81 Å². The van der Waals surface area contributed by atoms with Crippen LogP contribution < -0.4 is 5.63 Å². The fourth-order valence-electron chi connectivity index (χ4n) is 1.65. The van der Waals surface area contributed by atoms with Gasteiger partial charge in [-0.2, -0.15) is 0 Å². The normalized spacial score (nSPS) is 11.1. The maximum Gasteiger partial charge on any atom is 0.350 e. The Morgan fingerprint density at radius 2 is 2.11 bits per heavy atom. The van der Waals surface area contributed by atoms with E-state index in [-0.39, 0.29) is 21.3 Å². The Labute approximate surface area is 127 Å². The van der Waals surface area contributed by atoms with Gasteiger partial charge in [-0.25, -0.2) is 14.2 Å². The van der Waals surface area contributed by atoms with Crippen molar-refractivity contribution in [1.29, 1.82) is 0 Å². The Kier molecular flexibility index (Phi) is 3.28. The summed E-state index contributed by atoms with van der Waals surface area (Å²) in [5.41, 5.74) is -0.492. The van der Waals surface area contributed by atoms with Crippen LogP contribution in [-0.4, -0.2) is 4.98 Å². The molecule has 0 fully saturated rings. The summed E-state index contributed by atoms with van der Waals surface area (Å²) < 4.78 is 19.8. The Bertz CT molecular complexity index is 830. The highest BCUT2D eigenvalue weighted by Crippen LogP contribution is 2.31. The van der Waals surface area contributed by atoms with Gasteiger partial charge in [-0.1, -0.05) is 6.07 Å². The van der Waals surface area contributed by atoms with Crippen LogP contribution in [0.2, 0.25) is 0 Å². The molecule has 0 atom stereocenters. The molecule has 0 radical (unpaired) electrons. The van der Waals surface area contributed by atoms with E-state index in [1.807, 2.05) is 11.4 Å². The van der Waals surface area contributed by atoms with Crippen LogP contribution in [0.25, 0.3) is 21.7 Å². The van der Waals surface area contributed by atoms with Crippen molar-refractivity contribution in [1.82, 2.24) is 4.98 Å². The summed E-state index contributed by atoms with van der Waals surface area (Å²) in [6.07, 6.45) is 0. The smallest absolute Gasteiger partial charge is 0.350 e. The molecule has 0 aliphatic rings. The minimum absolute atomic E-state index is 0.165. The minimum atomic E-state index is -0.743. The minimum Gasteiger partial charge on any atom is -0.402 e. The van der Waals surface area contributed by atoms with Gasteiger partial charge in [0.15, 0.2) is 5.82 Å². The van der Waals surface area contributed by atoms with Crippen molar-refractivity contribution in [2.24, 2.45) is 0 Å². The molecule has 0 amide bonds. The standard InChI is InChI=1S/C12H4Br2FNO2S/c13-5-4-6(14)10-8(9(5)15)12(17)18-11(16-10)7-2-1-3-19-7/h1-4H. The van der Waals surface area contributed by atoms with Crippen LogP contribution in [-0.2, 0) is 0 Å². The highest BCUT2D eigenvalue weighted by Gasteiger charge is 2.17. The van der Waals surface area contributed by atoms with Crippen molar-refractivity contribution in [3.05, 3.63) is 48.8 Å². The van der Waals surface area contributed by atoms with E-state index in [9.17, 15) is 9.18 Å². The maximum absolute atomic E-state index is 13.9. The molecule has 1 aromatic carbocycles. The molecule has 2 heterocycles. The van der Waals surface area contributed by atoms with Crippen molar-refractivity contribution in [2.75, 3.05) is 0 Å². The van der Waals surface area contributed by atoms with Gasteiger partial charge in [-0.05, 0) is 49.4 Å². The summed E-state index contributed by atoms with van der Waals surface area (Å²) in [7, 11) is 0. The van der Waals surface area contributed by atoms with E-state index in [1.54, 1.807) is 6.07 Å². The number of fused-ring (bicyclic) bond motifs is 1. The quantitative estimate of drug-likeness (QED) is 0.557. The SMILES string of the molecule is O=c1oc(-c2cccs2)nc2c(Br)cc(Br)c(F)c12. The molecule has 2 aromatic heterocycles. The van der Waals surface area contributed by atoms with Gasteiger partial charge in [-0.3, -0.25) is 0 Å². The lowest BCUT2D eigenvalue weighted by atomic mass is 10.2. The fraction of sp³-hybridized carbons (Fsp3) is 0. The van der Waals surface area contributed by atoms with E-state index in [0.29, 0.717) is 9.35 Å². The van der Waals surface area contributed by atoms with Crippen molar-refractivity contribution in [2.45, 2.75) is 0 Å². The van der Waals surface area contributed by atoms with E-state index in [2.05, 4.69) is 36.8 Å². The van der Waals surface area contributed by atoms with Gasteiger partial charge in [0.25, 0.3) is 0 Å². The second-order valence-electron chi connectivity index (χ2n) is 3.66. The number of rotatable bonds is 1. The topological polar surface area (TPSA) is 43.1 Å². The van der Waals surface area contributed by atoms with Crippen LogP contribution in [0.4, 0.5) is 4.39 Å². The summed E-state index contributed by atoms with van der Waals surface area (Å²) >= 11 is 7.72. The number of nitrogens with zero attached hydrogens (tertiary/aromatic N) is 1. The van der Waals surface area contributed by atoms with E-state index >= 15 is 0 Å². The molecule has 3 rings (SSSR count). The van der Waals surface area contributed by atoms with E-state index in [0.717, 1.165) is 0 Å². The van der Waals surface area contributed by atoms with Crippen LogP contribution >= 0.6 is 43.2 Å². The first-order valence-corrected chi connectivity index (χ1v) is 7.56. The fourth-order valence-corrected chi connectivity index (χ4v) is 3.55. The molecular formula is C12H4Br2FNO2S. The first-order chi connectivity index (χ1) is 9.08. The zero-order valence-corrected chi connectivity index (χ0v) is 13.1. The van der Waals surface area contributed by atoms with E-state index in [4.69, 9.17) is 4.42 Å². The summed E-state index contributed by atoms with van der Waals surface area (Å²) in [5.74, 6) is -0.480. The lowest BCUT2D eigenvalue weighted by Gasteiger charge is -2.04. The van der Waals surface area contributed by atoms with Gasteiger partial charge >= 0.3 is 5.63 Å². The molecule has 0 saturated carbocycles. The van der Waals surface area contributed by atoms with Crippen LogP contribution in [0.1, 0.15) is 0 Å². The lowest BCUT2D eigenvalue weighted by molar-refractivity contribution is 0.514. The molecule has 7 heteroatoms. The number of hydrogen-bond donors (Lipinski definition) is 0. The van der Waals surface area contributed by atoms with E-state index < -0.39 is 11.4 Å². The molecular weight excluding hydrogens is 401 g/mol. The largest absolute Gasteiger partial charge is 0.402 e. The van der Waals surface area contributed by atoms with Gasteiger partial charge in [0.1, 0.15) is 5.39 Å². The van der Waals surface area contributed by atoms with Crippen LogP contribution in [0.3, 0.4) is 0 Å². The Morgan fingerprint density at radius 1 is 1.32 bits per heavy atom. The average molecular weight is 405 g/mol. The van der Waals surface area contributed by atoms with Gasteiger partial charge in [0.05, 0.1) is 14.9 Å². The molecule has 0 unspecified atom stereocenters. The molecule has 96 valence electrons. The number of halogens is 3. The molecule has 0 aliphatic heterocycles. The first kappa shape index (κ1) is 13.0. The molecule has 0 aliphatic carbocycles. The number of benzene rings is 1. The number of thiophene rings is 1. The molecule has 0 bridgehead atoms. The van der Waals surface area contributed by atoms with Gasteiger partial charge < -0.3 is 4.42 Å². The second-order valence-corrected chi connectivity index (χ2v) is 6.32. The summed E-state index contributed by atoms with van der Waals surface area (Å²) in [5, 5.41) is 1.68. The van der Waals surface area contributed by atoms with Crippen molar-refractivity contribution in [3.63, 3.8) is 0 Å². The third kappa shape index (κ3) is 2.15. The Hall–Kier alpha value is -1.05. The molecule has 3 aromatic rings. The summed E-state index contributed by atoms with van der Waals surface area (Å²) in [6.45, 7) is 0. The third-order valence-corrected chi connectivity index (χ3v) is 4.52. The van der Waals surface area contributed by atoms with Crippen LogP contribution in [0.5, 0.6) is 0 Å². The van der Waals surface area contributed by atoms with Gasteiger partial charge in [0, 0.05) is 4.47 Å². The average Bonchev–Trinajstić information content (AvgIpc) is 2.89.